The molecule has 0 bridgehead atoms. The van der Waals surface area contributed by atoms with E-state index in [1.54, 1.807) is 11.3 Å². The number of thiazole rings is 1. The summed E-state index contributed by atoms with van der Waals surface area (Å²) in [6, 6.07) is 8.61. The van der Waals surface area contributed by atoms with Gasteiger partial charge in [0, 0.05) is 30.0 Å². The number of nitrogens with one attached hydrogen (secondary N) is 1. The molecule has 2 aromatic heterocycles. The standard InChI is InChI=1S/C21H25N3O2S/c1-3-26-20(25)17-8-10-23(11-9-17)14-18-19(16-6-4-15(2)5-7-16)22-21-24(18)12-13-27-21/h4-7,12-13,17H,3,8-11,14H2,1-2H3/p+1. The maximum absolute atomic E-state index is 12.0. The van der Waals surface area contributed by atoms with Gasteiger partial charge in [-0.25, -0.2) is 4.98 Å². The van der Waals surface area contributed by atoms with E-state index in [1.165, 1.54) is 21.7 Å². The van der Waals surface area contributed by atoms with Gasteiger partial charge in [-0.15, -0.1) is 11.3 Å². The first-order chi connectivity index (χ1) is 13.2. The van der Waals surface area contributed by atoms with Crippen LogP contribution < -0.4 is 4.90 Å². The molecule has 1 saturated heterocycles. The number of aryl methyl sites for hydroxylation is 1. The first kappa shape index (κ1) is 18.2. The van der Waals surface area contributed by atoms with Crippen molar-refractivity contribution in [3.8, 4) is 11.3 Å². The quantitative estimate of drug-likeness (QED) is 0.688. The summed E-state index contributed by atoms with van der Waals surface area (Å²) in [7, 11) is 0. The molecule has 3 heterocycles. The van der Waals surface area contributed by atoms with Gasteiger partial charge in [-0.05, 0) is 13.8 Å². The highest BCUT2D eigenvalue weighted by Gasteiger charge is 2.29. The van der Waals surface area contributed by atoms with Crippen LogP contribution in [0.15, 0.2) is 35.8 Å². The number of aromatic nitrogens is 2. The van der Waals surface area contributed by atoms with Gasteiger partial charge >= 0.3 is 5.97 Å². The predicted molar refractivity (Wildman–Crippen MR) is 107 cm³/mol. The van der Waals surface area contributed by atoms with Crippen LogP contribution in [0.25, 0.3) is 16.2 Å². The van der Waals surface area contributed by atoms with Crippen molar-refractivity contribution in [2.45, 2.75) is 33.2 Å². The minimum atomic E-state index is -0.0264. The Kier molecular flexibility index (Phi) is 5.27. The Hall–Kier alpha value is -2.18. The van der Waals surface area contributed by atoms with E-state index in [0.717, 1.165) is 43.1 Å². The van der Waals surface area contributed by atoms with Crippen molar-refractivity contribution < 1.29 is 14.4 Å². The fraction of sp³-hybridized carbons (Fsp3) is 0.429. The molecule has 27 heavy (non-hydrogen) atoms. The molecule has 3 aromatic rings. The molecule has 1 aliphatic heterocycles. The van der Waals surface area contributed by atoms with Crippen LogP contribution in [0.5, 0.6) is 0 Å². The number of carbonyl (C=O) groups is 1. The number of imidazole rings is 1. The van der Waals surface area contributed by atoms with Crippen molar-refractivity contribution in [2.75, 3.05) is 19.7 Å². The highest BCUT2D eigenvalue weighted by molar-refractivity contribution is 7.15. The fourth-order valence-corrected chi connectivity index (χ4v) is 4.61. The normalized spacial score (nSPS) is 20.1. The Morgan fingerprint density at radius 3 is 2.74 bits per heavy atom. The Morgan fingerprint density at radius 2 is 2.04 bits per heavy atom. The number of likely N-dealkylation sites (tertiary alicyclic amines) is 1. The smallest absolute Gasteiger partial charge is 0.309 e. The molecule has 0 aliphatic carbocycles. The van der Waals surface area contributed by atoms with Gasteiger partial charge in [-0.2, -0.15) is 0 Å². The van der Waals surface area contributed by atoms with Crippen LogP contribution in [0.4, 0.5) is 0 Å². The number of piperidine rings is 1. The monoisotopic (exact) mass is 384 g/mol. The average Bonchev–Trinajstić information content (AvgIpc) is 3.26. The fourth-order valence-electron chi connectivity index (χ4n) is 3.88. The number of rotatable bonds is 5. The van der Waals surface area contributed by atoms with Crippen molar-refractivity contribution in [1.82, 2.24) is 9.38 Å². The predicted octanol–water partition coefficient (Wildman–Crippen LogP) is 2.73. The van der Waals surface area contributed by atoms with Gasteiger partial charge in [0.05, 0.1) is 31.3 Å². The summed E-state index contributed by atoms with van der Waals surface area (Å²) >= 11 is 1.67. The molecule has 0 radical (unpaired) electrons. The number of esters is 1. The zero-order valence-corrected chi connectivity index (χ0v) is 16.7. The molecule has 1 fully saturated rings. The van der Waals surface area contributed by atoms with Crippen LogP contribution in [0, 0.1) is 12.8 Å². The minimum Gasteiger partial charge on any atom is -0.466 e. The molecule has 142 valence electrons. The summed E-state index contributed by atoms with van der Waals surface area (Å²) in [5.41, 5.74) is 4.78. The summed E-state index contributed by atoms with van der Waals surface area (Å²) in [5.74, 6) is 0.0401. The molecule has 0 atom stereocenters. The van der Waals surface area contributed by atoms with E-state index in [0.29, 0.717) is 6.61 Å². The molecule has 5 nitrogen and oxygen atoms in total. The first-order valence-corrected chi connectivity index (χ1v) is 10.6. The Morgan fingerprint density at radius 1 is 1.30 bits per heavy atom. The number of hydrogen-bond acceptors (Lipinski definition) is 4. The molecular formula is C21H26N3O2S+. The lowest BCUT2D eigenvalue weighted by Crippen LogP contribution is -3.11. The Balaban J connectivity index is 1.54. The number of nitrogens with zero attached hydrogens (tertiary/aromatic N) is 2. The van der Waals surface area contributed by atoms with E-state index in [-0.39, 0.29) is 11.9 Å². The lowest BCUT2D eigenvalue weighted by atomic mass is 9.96. The topological polar surface area (TPSA) is 48.0 Å². The van der Waals surface area contributed by atoms with E-state index < -0.39 is 0 Å². The highest BCUT2D eigenvalue weighted by atomic mass is 32.1. The zero-order chi connectivity index (χ0) is 18.8. The summed E-state index contributed by atoms with van der Waals surface area (Å²) < 4.78 is 7.42. The molecule has 6 heteroatoms. The number of quaternary nitrogens is 1. The number of benzene rings is 1. The van der Waals surface area contributed by atoms with Crippen LogP contribution in [0.2, 0.25) is 0 Å². The van der Waals surface area contributed by atoms with Crippen molar-refractivity contribution in [1.29, 1.82) is 0 Å². The molecule has 4 rings (SSSR count). The number of ether oxygens (including phenoxy) is 1. The van der Waals surface area contributed by atoms with E-state index in [2.05, 4.69) is 47.2 Å². The van der Waals surface area contributed by atoms with Crippen LogP contribution in [-0.4, -0.2) is 35.1 Å². The van der Waals surface area contributed by atoms with Gasteiger partial charge in [-0.1, -0.05) is 29.8 Å². The second-order valence-corrected chi connectivity index (χ2v) is 8.15. The molecule has 0 saturated carbocycles. The third-order valence-electron chi connectivity index (χ3n) is 5.42. The van der Waals surface area contributed by atoms with Crippen LogP contribution >= 0.6 is 11.3 Å². The molecule has 0 spiro atoms. The van der Waals surface area contributed by atoms with Gasteiger partial charge in [-0.3, -0.25) is 9.20 Å². The Bertz CT molecular complexity index is 921. The van der Waals surface area contributed by atoms with Crippen molar-refractivity contribution in [3.05, 3.63) is 47.1 Å². The first-order valence-electron chi connectivity index (χ1n) is 9.67. The van der Waals surface area contributed by atoms with E-state index in [1.807, 2.05) is 6.92 Å². The maximum Gasteiger partial charge on any atom is 0.309 e. The zero-order valence-electron chi connectivity index (χ0n) is 15.9. The second-order valence-electron chi connectivity index (χ2n) is 7.28. The third kappa shape index (κ3) is 3.77. The van der Waals surface area contributed by atoms with Crippen LogP contribution in [0.1, 0.15) is 31.0 Å². The molecular weight excluding hydrogens is 358 g/mol. The number of fused-ring (bicyclic) bond motifs is 1. The largest absolute Gasteiger partial charge is 0.466 e. The van der Waals surface area contributed by atoms with Crippen molar-refractivity contribution in [3.63, 3.8) is 0 Å². The van der Waals surface area contributed by atoms with Gasteiger partial charge in [0.25, 0.3) is 0 Å². The van der Waals surface area contributed by atoms with Gasteiger partial charge in [0.2, 0.25) is 0 Å². The molecule has 0 unspecified atom stereocenters. The van der Waals surface area contributed by atoms with Crippen molar-refractivity contribution >= 4 is 22.3 Å². The van der Waals surface area contributed by atoms with E-state index in [9.17, 15) is 4.79 Å². The second kappa shape index (κ2) is 7.82. The summed E-state index contributed by atoms with van der Waals surface area (Å²) in [5, 5.41) is 2.09. The van der Waals surface area contributed by atoms with Crippen LogP contribution in [-0.2, 0) is 16.1 Å². The van der Waals surface area contributed by atoms with E-state index >= 15 is 0 Å². The van der Waals surface area contributed by atoms with E-state index in [4.69, 9.17) is 9.72 Å². The SMILES string of the molecule is CCOC(=O)C1CC[NH+](Cc2c(-c3ccc(C)cc3)nc3sccn23)CC1. The molecule has 1 aromatic carbocycles. The van der Waals surface area contributed by atoms with Crippen LogP contribution in [0.3, 0.4) is 0 Å². The third-order valence-corrected chi connectivity index (χ3v) is 6.17. The number of hydrogen-bond donors (Lipinski definition) is 1. The maximum atomic E-state index is 12.0. The summed E-state index contributed by atoms with van der Waals surface area (Å²) in [6.45, 7) is 7.36. The van der Waals surface area contributed by atoms with Crippen molar-refractivity contribution in [2.24, 2.45) is 5.92 Å². The van der Waals surface area contributed by atoms with Gasteiger partial charge in [0.15, 0.2) is 4.96 Å². The summed E-state index contributed by atoms with van der Waals surface area (Å²) in [4.78, 5) is 19.4. The van der Waals surface area contributed by atoms with Gasteiger partial charge in [0.1, 0.15) is 12.2 Å². The minimum absolute atomic E-state index is 0.0264. The lowest BCUT2D eigenvalue weighted by Gasteiger charge is -2.28. The molecule has 0 amide bonds. The summed E-state index contributed by atoms with van der Waals surface area (Å²) in [6.07, 6.45) is 3.92. The Labute approximate surface area is 163 Å². The van der Waals surface area contributed by atoms with Gasteiger partial charge < -0.3 is 9.64 Å². The lowest BCUT2D eigenvalue weighted by molar-refractivity contribution is -0.919. The number of carbonyl (C=O) groups excluding carboxylic acids is 1. The molecule has 1 N–H and O–H groups in total. The highest BCUT2D eigenvalue weighted by Crippen LogP contribution is 2.26. The molecule has 1 aliphatic rings. The average molecular weight is 385 g/mol.